The second-order valence-corrected chi connectivity index (χ2v) is 2.84. The van der Waals surface area contributed by atoms with Gasteiger partial charge in [-0.1, -0.05) is 6.07 Å². The highest BCUT2D eigenvalue weighted by molar-refractivity contribution is 6.40. The zero-order chi connectivity index (χ0) is 12.0. The maximum absolute atomic E-state index is 11.5. The van der Waals surface area contributed by atoms with E-state index in [1.54, 1.807) is 19.1 Å². The van der Waals surface area contributed by atoms with Gasteiger partial charge in [-0.3, -0.25) is 4.79 Å². The number of ether oxygens (including phenoxy) is 2. The Morgan fingerprint density at radius 1 is 1.25 bits per heavy atom. The van der Waals surface area contributed by atoms with E-state index < -0.39 is 11.8 Å². The highest BCUT2D eigenvalue weighted by atomic mass is 16.5. The minimum Gasteiger partial charge on any atom is -0.478 e. The summed E-state index contributed by atoms with van der Waals surface area (Å²) in [6, 6.07) is 4.66. The Morgan fingerprint density at radius 2 is 2.00 bits per heavy atom. The first-order valence-corrected chi connectivity index (χ1v) is 5.00. The summed E-state index contributed by atoms with van der Waals surface area (Å²) in [5, 5.41) is 0. The molecule has 1 heterocycles. The summed E-state index contributed by atoms with van der Waals surface area (Å²) in [5.74, 6) is -1.34. The summed E-state index contributed by atoms with van der Waals surface area (Å²) in [5.41, 5.74) is 0.0319. The Morgan fingerprint density at radius 3 is 2.62 bits per heavy atom. The van der Waals surface area contributed by atoms with Crippen molar-refractivity contribution in [2.24, 2.45) is 0 Å². The molecule has 0 saturated heterocycles. The molecule has 0 spiro atoms. The van der Waals surface area contributed by atoms with Crippen LogP contribution in [0, 0.1) is 0 Å². The Hall–Kier alpha value is -1.91. The van der Waals surface area contributed by atoms with E-state index in [2.05, 4.69) is 9.72 Å². The maximum Gasteiger partial charge on any atom is 0.381 e. The fourth-order valence-corrected chi connectivity index (χ4v) is 1.07. The molecule has 0 atom stereocenters. The number of Topliss-reactive ketones (excluding diaryl/α,β-unsaturated/α-hetero) is 1. The Kier molecular flexibility index (Phi) is 4.44. The molecule has 0 aromatic carbocycles. The number of rotatable bonds is 5. The van der Waals surface area contributed by atoms with E-state index in [0.29, 0.717) is 12.5 Å². The van der Waals surface area contributed by atoms with Crippen LogP contribution >= 0.6 is 0 Å². The van der Waals surface area contributed by atoms with Crippen molar-refractivity contribution in [3.05, 3.63) is 23.9 Å². The van der Waals surface area contributed by atoms with Crippen molar-refractivity contribution in [1.29, 1.82) is 0 Å². The number of esters is 1. The van der Waals surface area contributed by atoms with Crippen LogP contribution in [-0.4, -0.2) is 30.0 Å². The first-order chi connectivity index (χ1) is 7.69. The topological polar surface area (TPSA) is 65.5 Å². The van der Waals surface area contributed by atoms with Gasteiger partial charge in [0, 0.05) is 6.07 Å². The van der Waals surface area contributed by atoms with E-state index in [-0.39, 0.29) is 12.3 Å². The molecule has 16 heavy (non-hydrogen) atoms. The molecule has 86 valence electrons. The van der Waals surface area contributed by atoms with Crippen molar-refractivity contribution in [2.75, 3.05) is 13.2 Å². The van der Waals surface area contributed by atoms with Gasteiger partial charge in [-0.15, -0.1) is 0 Å². The fraction of sp³-hybridized carbons (Fsp3) is 0.364. The molecule has 0 aliphatic rings. The van der Waals surface area contributed by atoms with Crippen LogP contribution in [0.25, 0.3) is 0 Å². The van der Waals surface area contributed by atoms with E-state index in [1.165, 1.54) is 6.07 Å². The zero-order valence-corrected chi connectivity index (χ0v) is 9.23. The highest BCUT2D eigenvalue weighted by Gasteiger charge is 2.19. The van der Waals surface area contributed by atoms with E-state index in [9.17, 15) is 9.59 Å². The van der Waals surface area contributed by atoms with Crippen LogP contribution in [0.2, 0.25) is 0 Å². The predicted octanol–water partition coefficient (Wildman–Crippen LogP) is 1.23. The summed E-state index contributed by atoms with van der Waals surface area (Å²) in [6.07, 6.45) is 0. The van der Waals surface area contributed by atoms with Crippen molar-refractivity contribution in [3.63, 3.8) is 0 Å². The van der Waals surface area contributed by atoms with Gasteiger partial charge in [-0.2, -0.15) is 0 Å². The van der Waals surface area contributed by atoms with Crippen molar-refractivity contribution in [3.8, 4) is 5.88 Å². The largest absolute Gasteiger partial charge is 0.478 e. The van der Waals surface area contributed by atoms with Gasteiger partial charge in [0.05, 0.1) is 13.2 Å². The molecule has 0 N–H and O–H groups in total. The van der Waals surface area contributed by atoms with Crippen LogP contribution in [-0.2, 0) is 9.53 Å². The van der Waals surface area contributed by atoms with Gasteiger partial charge in [0.1, 0.15) is 5.69 Å². The molecule has 1 aromatic rings. The van der Waals surface area contributed by atoms with Crippen molar-refractivity contribution in [2.45, 2.75) is 13.8 Å². The standard InChI is InChI=1S/C11H13NO4/c1-3-15-9-7-5-6-8(12-9)10(13)11(14)16-4-2/h5-7H,3-4H2,1-2H3. The molecule has 0 radical (unpaired) electrons. The molecular weight excluding hydrogens is 210 g/mol. The minimum atomic E-state index is -0.899. The average Bonchev–Trinajstić information content (AvgIpc) is 2.29. The lowest BCUT2D eigenvalue weighted by molar-refractivity contribution is -0.137. The lowest BCUT2D eigenvalue weighted by atomic mass is 10.2. The third-order valence-corrected chi connectivity index (χ3v) is 1.71. The Balaban J connectivity index is 2.83. The van der Waals surface area contributed by atoms with E-state index in [4.69, 9.17) is 4.74 Å². The van der Waals surface area contributed by atoms with Gasteiger partial charge in [0.15, 0.2) is 0 Å². The predicted molar refractivity (Wildman–Crippen MR) is 56.4 cm³/mol. The lowest BCUT2D eigenvalue weighted by Gasteiger charge is -2.03. The summed E-state index contributed by atoms with van der Waals surface area (Å²) in [4.78, 5) is 26.6. The van der Waals surface area contributed by atoms with Crippen LogP contribution in [0.15, 0.2) is 18.2 Å². The van der Waals surface area contributed by atoms with Crippen LogP contribution < -0.4 is 4.74 Å². The molecule has 5 nitrogen and oxygen atoms in total. The average molecular weight is 223 g/mol. The minimum absolute atomic E-state index is 0.0319. The zero-order valence-electron chi connectivity index (χ0n) is 9.23. The number of hydrogen-bond donors (Lipinski definition) is 0. The third-order valence-electron chi connectivity index (χ3n) is 1.71. The van der Waals surface area contributed by atoms with Crippen LogP contribution in [0.3, 0.4) is 0 Å². The molecule has 1 aromatic heterocycles. The molecule has 0 aliphatic heterocycles. The first kappa shape index (κ1) is 12.2. The number of carbonyl (C=O) groups excluding carboxylic acids is 2. The maximum atomic E-state index is 11.5. The summed E-state index contributed by atoms with van der Waals surface area (Å²) >= 11 is 0. The first-order valence-electron chi connectivity index (χ1n) is 5.00. The van der Waals surface area contributed by atoms with Crippen molar-refractivity contribution < 1.29 is 19.1 Å². The normalized spacial score (nSPS) is 9.62. The van der Waals surface area contributed by atoms with Gasteiger partial charge in [0.25, 0.3) is 5.78 Å². The lowest BCUT2D eigenvalue weighted by Crippen LogP contribution is -2.18. The number of aromatic nitrogens is 1. The van der Waals surface area contributed by atoms with Gasteiger partial charge < -0.3 is 9.47 Å². The Labute approximate surface area is 93.4 Å². The molecular formula is C11H13NO4. The fourth-order valence-electron chi connectivity index (χ4n) is 1.07. The molecule has 1 rings (SSSR count). The van der Waals surface area contributed by atoms with E-state index >= 15 is 0 Å². The van der Waals surface area contributed by atoms with Crippen LogP contribution in [0.1, 0.15) is 24.3 Å². The SMILES string of the molecule is CCOC(=O)C(=O)c1cccc(OCC)n1. The van der Waals surface area contributed by atoms with Crippen molar-refractivity contribution in [1.82, 2.24) is 4.98 Å². The quantitative estimate of drug-likeness (QED) is 0.426. The number of carbonyl (C=O) groups is 2. The number of nitrogens with zero attached hydrogens (tertiary/aromatic N) is 1. The van der Waals surface area contributed by atoms with E-state index in [1.807, 2.05) is 6.92 Å². The third kappa shape index (κ3) is 3.05. The smallest absolute Gasteiger partial charge is 0.381 e. The second kappa shape index (κ2) is 5.85. The highest BCUT2D eigenvalue weighted by Crippen LogP contribution is 2.08. The molecule has 5 heteroatoms. The Bertz CT molecular complexity index is 389. The van der Waals surface area contributed by atoms with Gasteiger partial charge >= 0.3 is 5.97 Å². The monoisotopic (exact) mass is 223 g/mol. The molecule has 0 aliphatic carbocycles. The number of pyridine rings is 1. The van der Waals surface area contributed by atoms with Gasteiger partial charge in [0.2, 0.25) is 5.88 Å². The van der Waals surface area contributed by atoms with Crippen LogP contribution in [0.4, 0.5) is 0 Å². The summed E-state index contributed by atoms with van der Waals surface area (Å²) < 4.78 is 9.71. The molecule has 0 bridgehead atoms. The number of ketones is 1. The second-order valence-electron chi connectivity index (χ2n) is 2.84. The van der Waals surface area contributed by atoms with Gasteiger partial charge in [-0.25, -0.2) is 9.78 Å². The van der Waals surface area contributed by atoms with E-state index in [0.717, 1.165) is 0 Å². The molecule has 0 saturated carbocycles. The molecule has 0 fully saturated rings. The van der Waals surface area contributed by atoms with Crippen molar-refractivity contribution >= 4 is 11.8 Å². The number of hydrogen-bond acceptors (Lipinski definition) is 5. The molecule has 0 unspecified atom stereocenters. The molecule has 0 amide bonds. The van der Waals surface area contributed by atoms with Crippen LogP contribution in [0.5, 0.6) is 5.88 Å². The summed E-state index contributed by atoms with van der Waals surface area (Å²) in [7, 11) is 0. The van der Waals surface area contributed by atoms with Gasteiger partial charge in [-0.05, 0) is 19.9 Å². The summed E-state index contributed by atoms with van der Waals surface area (Å²) in [6.45, 7) is 4.05.